The normalized spacial score (nSPS) is 14.2. The summed E-state index contributed by atoms with van der Waals surface area (Å²) in [6.07, 6.45) is 0.431. The van der Waals surface area contributed by atoms with Crippen molar-refractivity contribution in [3.05, 3.63) is 76.5 Å². The lowest BCUT2D eigenvalue weighted by Gasteiger charge is -2.37. The zero-order valence-electron chi connectivity index (χ0n) is 16.1. The number of aryl methyl sites for hydroxylation is 1. The lowest BCUT2D eigenvalue weighted by atomic mass is 10.1. The third-order valence-corrected chi connectivity index (χ3v) is 5.95. The van der Waals surface area contributed by atoms with Crippen molar-refractivity contribution >= 4 is 34.3 Å². The summed E-state index contributed by atoms with van der Waals surface area (Å²) in [5.41, 5.74) is 4.67. The van der Waals surface area contributed by atoms with Crippen molar-refractivity contribution in [2.45, 2.75) is 13.3 Å². The first kappa shape index (κ1) is 18.6. The molecule has 1 aliphatic rings. The van der Waals surface area contributed by atoms with E-state index in [-0.39, 0.29) is 5.91 Å². The molecule has 1 N–H and O–H groups in total. The van der Waals surface area contributed by atoms with Gasteiger partial charge in [0.05, 0.1) is 6.42 Å². The molecule has 4 nitrogen and oxygen atoms in total. The van der Waals surface area contributed by atoms with Gasteiger partial charge in [-0.15, -0.1) is 11.3 Å². The largest absolute Gasteiger partial charge is 0.368 e. The molecule has 2 heterocycles. The maximum Gasteiger partial charge on any atom is 0.229 e. The van der Waals surface area contributed by atoms with Crippen LogP contribution >= 0.6 is 11.3 Å². The number of hydrogen-bond acceptors (Lipinski definition) is 4. The molecular formula is C23H25N3OS. The molecule has 1 aliphatic heterocycles. The zero-order chi connectivity index (χ0) is 19.3. The minimum atomic E-state index is 0.0296. The van der Waals surface area contributed by atoms with E-state index in [9.17, 15) is 4.79 Å². The van der Waals surface area contributed by atoms with Crippen molar-refractivity contribution < 1.29 is 4.79 Å². The molecule has 0 saturated carbocycles. The summed E-state index contributed by atoms with van der Waals surface area (Å²) in [6.45, 7) is 6.17. The van der Waals surface area contributed by atoms with Gasteiger partial charge in [0.2, 0.25) is 5.91 Å². The summed E-state index contributed by atoms with van der Waals surface area (Å²) in [4.78, 5) is 18.1. The molecule has 144 valence electrons. The molecule has 0 radical (unpaired) electrons. The van der Waals surface area contributed by atoms with Crippen LogP contribution in [-0.4, -0.2) is 32.1 Å². The van der Waals surface area contributed by atoms with Crippen LogP contribution < -0.4 is 15.1 Å². The van der Waals surface area contributed by atoms with E-state index in [1.165, 1.54) is 16.9 Å². The van der Waals surface area contributed by atoms with Gasteiger partial charge in [-0.1, -0.05) is 18.2 Å². The Morgan fingerprint density at radius 1 is 0.929 bits per heavy atom. The van der Waals surface area contributed by atoms with Crippen LogP contribution in [-0.2, 0) is 11.2 Å². The van der Waals surface area contributed by atoms with Crippen LogP contribution in [0.2, 0.25) is 0 Å². The van der Waals surface area contributed by atoms with Crippen molar-refractivity contribution in [3.63, 3.8) is 0 Å². The van der Waals surface area contributed by atoms with E-state index in [0.29, 0.717) is 6.42 Å². The molecule has 1 fully saturated rings. The van der Waals surface area contributed by atoms with Gasteiger partial charge in [-0.05, 0) is 60.3 Å². The van der Waals surface area contributed by atoms with Crippen LogP contribution in [0, 0.1) is 6.92 Å². The van der Waals surface area contributed by atoms with E-state index in [1.807, 2.05) is 29.6 Å². The quantitative estimate of drug-likeness (QED) is 0.692. The highest BCUT2D eigenvalue weighted by Crippen LogP contribution is 2.23. The Morgan fingerprint density at radius 2 is 1.64 bits per heavy atom. The van der Waals surface area contributed by atoms with Gasteiger partial charge in [0.15, 0.2) is 0 Å². The average Bonchev–Trinajstić information content (AvgIpc) is 3.21. The summed E-state index contributed by atoms with van der Waals surface area (Å²) in [7, 11) is 0. The van der Waals surface area contributed by atoms with Gasteiger partial charge >= 0.3 is 0 Å². The smallest absolute Gasteiger partial charge is 0.229 e. The van der Waals surface area contributed by atoms with E-state index < -0.39 is 0 Å². The number of thiophene rings is 1. The standard InChI is InChI=1S/C23H25N3OS/c1-18-4-2-5-21(16-18)26-13-11-25(12-14-26)20-9-7-19(8-10-20)24-23(27)17-22-6-3-15-28-22/h2-10,15-16H,11-14,17H2,1H3,(H,24,27). The number of carbonyl (C=O) groups excluding carboxylic acids is 1. The molecule has 0 spiro atoms. The van der Waals surface area contributed by atoms with Crippen LogP contribution in [0.4, 0.5) is 17.1 Å². The Morgan fingerprint density at radius 3 is 2.29 bits per heavy atom. The van der Waals surface area contributed by atoms with Gasteiger partial charge in [0.1, 0.15) is 0 Å². The second-order valence-corrected chi connectivity index (χ2v) is 8.20. The van der Waals surface area contributed by atoms with Crippen LogP contribution in [0.3, 0.4) is 0 Å². The summed E-state index contributed by atoms with van der Waals surface area (Å²) in [5.74, 6) is 0.0296. The SMILES string of the molecule is Cc1cccc(N2CCN(c3ccc(NC(=O)Cc4cccs4)cc3)CC2)c1. The van der Waals surface area contributed by atoms with Crippen molar-refractivity contribution in [2.75, 3.05) is 41.3 Å². The monoisotopic (exact) mass is 391 g/mol. The van der Waals surface area contributed by atoms with E-state index in [4.69, 9.17) is 0 Å². The molecule has 28 heavy (non-hydrogen) atoms. The number of anilines is 3. The van der Waals surface area contributed by atoms with Crippen molar-refractivity contribution in [1.29, 1.82) is 0 Å². The molecule has 2 aromatic carbocycles. The number of amides is 1. The van der Waals surface area contributed by atoms with Gasteiger partial charge in [-0.2, -0.15) is 0 Å². The Balaban J connectivity index is 1.31. The second-order valence-electron chi connectivity index (χ2n) is 7.16. The number of rotatable bonds is 5. The molecule has 1 saturated heterocycles. The molecule has 4 rings (SSSR count). The van der Waals surface area contributed by atoms with Crippen LogP contribution in [0.5, 0.6) is 0 Å². The lowest BCUT2D eigenvalue weighted by Crippen LogP contribution is -2.46. The summed E-state index contributed by atoms with van der Waals surface area (Å²) < 4.78 is 0. The third-order valence-electron chi connectivity index (χ3n) is 5.08. The first-order valence-corrected chi connectivity index (χ1v) is 10.5. The van der Waals surface area contributed by atoms with Gasteiger partial charge in [0.25, 0.3) is 0 Å². The molecule has 3 aromatic rings. The predicted molar refractivity (Wildman–Crippen MR) is 119 cm³/mol. The number of nitrogens with zero attached hydrogens (tertiary/aromatic N) is 2. The van der Waals surface area contributed by atoms with Gasteiger partial charge in [-0.3, -0.25) is 4.79 Å². The summed E-state index contributed by atoms with van der Waals surface area (Å²) >= 11 is 1.61. The maximum atomic E-state index is 12.1. The highest BCUT2D eigenvalue weighted by atomic mass is 32.1. The van der Waals surface area contributed by atoms with Crippen molar-refractivity contribution in [1.82, 2.24) is 0 Å². The minimum Gasteiger partial charge on any atom is -0.368 e. The zero-order valence-corrected chi connectivity index (χ0v) is 16.9. The Bertz CT molecular complexity index is 913. The van der Waals surface area contributed by atoms with Gasteiger partial charge in [-0.25, -0.2) is 0 Å². The number of carbonyl (C=O) groups is 1. The van der Waals surface area contributed by atoms with Gasteiger partial charge < -0.3 is 15.1 Å². The maximum absolute atomic E-state index is 12.1. The molecule has 1 aromatic heterocycles. The van der Waals surface area contributed by atoms with E-state index in [2.05, 4.69) is 58.4 Å². The molecule has 0 atom stereocenters. The first-order valence-electron chi connectivity index (χ1n) is 9.66. The van der Waals surface area contributed by atoms with Crippen LogP contribution in [0.25, 0.3) is 0 Å². The van der Waals surface area contributed by atoms with E-state index in [1.54, 1.807) is 11.3 Å². The predicted octanol–water partition coefficient (Wildman–Crippen LogP) is 4.56. The number of benzene rings is 2. The Hall–Kier alpha value is -2.79. The Labute approximate surface area is 170 Å². The fourth-order valence-electron chi connectivity index (χ4n) is 3.58. The van der Waals surface area contributed by atoms with E-state index >= 15 is 0 Å². The summed E-state index contributed by atoms with van der Waals surface area (Å²) in [5, 5.41) is 4.98. The molecular weight excluding hydrogens is 366 g/mol. The van der Waals surface area contributed by atoms with Crippen molar-refractivity contribution in [2.24, 2.45) is 0 Å². The topological polar surface area (TPSA) is 35.6 Å². The van der Waals surface area contributed by atoms with Crippen LogP contribution in [0.15, 0.2) is 66.0 Å². The molecule has 0 bridgehead atoms. The first-order chi connectivity index (χ1) is 13.7. The second kappa shape index (κ2) is 8.48. The number of nitrogens with one attached hydrogen (secondary N) is 1. The highest BCUT2D eigenvalue weighted by Gasteiger charge is 2.17. The fraction of sp³-hybridized carbons (Fsp3) is 0.261. The third kappa shape index (κ3) is 4.54. The Kier molecular flexibility index (Phi) is 5.63. The molecule has 0 unspecified atom stereocenters. The minimum absolute atomic E-state index is 0.0296. The summed E-state index contributed by atoms with van der Waals surface area (Å²) in [6, 6.07) is 20.9. The average molecular weight is 392 g/mol. The molecule has 5 heteroatoms. The van der Waals surface area contributed by atoms with Crippen LogP contribution in [0.1, 0.15) is 10.4 Å². The highest BCUT2D eigenvalue weighted by molar-refractivity contribution is 7.10. The fourth-order valence-corrected chi connectivity index (χ4v) is 4.28. The molecule has 0 aliphatic carbocycles. The lowest BCUT2D eigenvalue weighted by molar-refractivity contribution is -0.115. The van der Waals surface area contributed by atoms with Gasteiger partial charge in [0, 0.05) is 48.1 Å². The van der Waals surface area contributed by atoms with Crippen molar-refractivity contribution in [3.8, 4) is 0 Å². The van der Waals surface area contributed by atoms with E-state index in [0.717, 1.165) is 36.7 Å². The molecule has 1 amide bonds. The number of piperazine rings is 1. The number of hydrogen-bond donors (Lipinski definition) is 1.